The highest BCUT2D eigenvalue weighted by Crippen LogP contribution is 2.44. The molecule has 0 amide bonds. The minimum Gasteiger partial charge on any atom is -0.383 e. The summed E-state index contributed by atoms with van der Waals surface area (Å²) >= 11 is 6.26. The largest absolute Gasteiger partial charge is 0.383 e. The lowest BCUT2D eigenvalue weighted by atomic mass is 9.72. The highest BCUT2D eigenvalue weighted by atomic mass is 35.5. The molecule has 1 N–H and O–H groups in total. The molecule has 2 atom stereocenters. The van der Waals surface area contributed by atoms with Crippen LogP contribution in [0.3, 0.4) is 0 Å². The van der Waals surface area contributed by atoms with Crippen LogP contribution in [0.2, 0.25) is 5.02 Å². The molecule has 5 heteroatoms. The average Bonchev–Trinajstić information content (AvgIpc) is 2.66. The zero-order valence-corrected chi connectivity index (χ0v) is 12.7. The third-order valence-electron chi connectivity index (χ3n) is 3.92. The molecule has 4 nitrogen and oxygen atoms in total. The molecule has 2 unspecified atom stereocenters. The Labute approximate surface area is 119 Å². The number of halogens is 1. The number of nitrogens with zero attached hydrogens (tertiary/aromatic N) is 2. The van der Waals surface area contributed by atoms with E-state index in [4.69, 9.17) is 16.3 Å². The van der Waals surface area contributed by atoms with E-state index in [0.29, 0.717) is 30.0 Å². The zero-order valence-electron chi connectivity index (χ0n) is 11.9. The second-order valence-corrected chi connectivity index (χ2v) is 6.35. The van der Waals surface area contributed by atoms with Crippen LogP contribution < -0.4 is 0 Å². The number of methoxy groups -OCH3 is 1. The molecule has 1 saturated carbocycles. The van der Waals surface area contributed by atoms with Crippen molar-refractivity contribution in [1.29, 1.82) is 0 Å². The molecule has 108 valence electrons. The van der Waals surface area contributed by atoms with Crippen LogP contribution in [0, 0.1) is 11.8 Å². The van der Waals surface area contributed by atoms with Crippen LogP contribution in [0.5, 0.6) is 0 Å². The lowest BCUT2D eigenvalue weighted by Crippen LogP contribution is -2.38. The molecule has 1 heterocycles. The first kappa shape index (κ1) is 14.8. The summed E-state index contributed by atoms with van der Waals surface area (Å²) in [7, 11) is 1.66. The number of aromatic nitrogens is 2. The van der Waals surface area contributed by atoms with Crippen LogP contribution in [-0.2, 0) is 16.9 Å². The third-order valence-corrected chi connectivity index (χ3v) is 4.20. The van der Waals surface area contributed by atoms with Crippen molar-refractivity contribution in [1.82, 2.24) is 9.78 Å². The Kier molecular flexibility index (Phi) is 4.54. The molecular formula is C14H23ClN2O2. The van der Waals surface area contributed by atoms with Crippen LogP contribution in [0.1, 0.15) is 38.8 Å². The van der Waals surface area contributed by atoms with Gasteiger partial charge in [-0.1, -0.05) is 25.4 Å². The highest BCUT2D eigenvalue weighted by Gasteiger charge is 2.41. The van der Waals surface area contributed by atoms with Crippen LogP contribution in [0.25, 0.3) is 0 Å². The van der Waals surface area contributed by atoms with Crippen molar-refractivity contribution >= 4 is 11.6 Å². The molecule has 0 bridgehead atoms. The normalized spacial score (nSPS) is 31.6. The molecule has 0 spiro atoms. The fourth-order valence-corrected chi connectivity index (χ4v) is 3.77. The highest BCUT2D eigenvalue weighted by molar-refractivity contribution is 6.31. The molecule has 0 saturated heterocycles. The topological polar surface area (TPSA) is 47.3 Å². The van der Waals surface area contributed by atoms with Gasteiger partial charge in [0.2, 0.25) is 0 Å². The first-order valence-electron chi connectivity index (χ1n) is 6.89. The summed E-state index contributed by atoms with van der Waals surface area (Å²) < 4.78 is 6.88. The second-order valence-electron chi connectivity index (χ2n) is 5.94. The van der Waals surface area contributed by atoms with Gasteiger partial charge in [-0.15, -0.1) is 0 Å². The Bertz CT molecular complexity index is 423. The molecule has 0 radical (unpaired) electrons. The van der Waals surface area contributed by atoms with E-state index >= 15 is 0 Å². The first-order chi connectivity index (χ1) is 8.96. The molecule has 19 heavy (non-hydrogen) atoms. The van der Waals surface area contributed by atoms with Crippen molar-refractivity contribution in [3.05, 3.63) is 16.9 Å². The maximum atomic E-state index is 11.0. The molecule has 1 aromatic heterocycles. The van der Waals surface area contributed by atoms with E-state index in [9.17, 15) is 5.11 Å². The number of hydrogen-bond acceptors (Lipinski definition) is 3. The van der Waals surface area contributed by atoms with Crippen LogP contribution >= 0.6 is 11.6 Å². The van der Waals surface area contributed by atoms with E-state index in [1.807, 2.05) is 0 Å². The predicted molar refractivity (Wildman–Crippen MR) is 75.2 cm³/mol. The molecule has 1 aliphatic carbocycles. The van der Waals surface area contributed by atoms with E-state index < -0.39 is 5.60 Å². The maximum Gasteiger partial charge on any atom is 0.108 e. The van der Waals surface area contributed by atoms with Crippen molar-refractivity contribution in [3.8, 4) is 0 Å². The van der Waals surface area contributed by atoms with Crippen LogP contribution in [-0.4, -0.2) is 28.6 Å². The number of rotatable bonds is 4. The van der Waals surface area contributed by atoms with Crippen molar-refractivity contribution < 1.29 is 9.84 Å². The quantitative estimate of drug-likeness (QED) is 0.926. The summed E-state index contributed by atoms with van der Waals surface area (Å²) in [6.07, 6.45) is 4.27. The van der Waals surface area contributed by atoms with Gasteiger partial charge in [0.05, 0.1) is 30.1 Å². The molecule has 0 aliphatic heterocycles. The summed E-state index contributed by atoms with van der Waals surface area (Å²) in [5, 5.41) is 15.9. The number of hydrogen-bond donors (Lipinski definition) is 1. The van der Waals surface area contributed by atoms with Gasteiger partial charge >= 0.3 is 0 Å². The summed E-state index contributed by atoms with van der Waals surface area (Å²) in [5.74, 6) is 0.992. The van der Waals surface area contributed by atoms with Crippen LogP contribution in [0.4, 0.5) is 0 Å². The fourth-order valence-electron chi connectivity index (χ4n) is 3.46. The average molecular weight is 287 g/mol. The summed E-state index contributed by atoms with van der Waals surface area (Å²) in [6.45, 7) is 5.55. The SMILES string of the molecule is COCCn1ncc(Cl)c1C1(O)CC(C)CC(C)C1. The number of ether oxygens (including phenoxy) is 1. The maximum absolute atomic E-state index is 11.0. The Hall–Kier alpha value is -0.580. The number of aliphatic hydroxyl groups is 1. The van der Waals surface area contributed by atoms with E-state index in [1.54, 1.807) is 18.0 Å². The lowest BCUT2D eigenvalue weighted by molar-refractivity contribution is -0.0436. The monoisotopic (exact) mass is 286 g/mol. The molecule has 1 aromatic rings. The van der Waals surface area contributed by atoms with Gasteiger partial charge in [0.15, 0.2) is 0 Å². The van der Waals surface area contributed by atoms with Crippen molar-refractivity contribution in [2.24, 2.45) is 11.8 Å². The molecule has 1 aliphatic rings. The summed E-state index contributed by atoms with van der Waals surface area (Å²) in [4.78, 5) is 0. The summed E-state index contributed by atoms with van der Waals surface area (Å²) in [6, 6.07) is 0. The standard InChI is InChI=1S/C14H23ClN2O2/c1-10-6-11(2)8-14(18,7-10)13-12(15)9-16-17(13)4-5-19-3/h9-11,18H,4-8H2,1-3H3. The predicted octanol–water partition coefficient (Wildman–Crippen LogP) is 2.83. The molecule has 1 fully saturated rings. The van der Waals surface area contributed by atoms with E-state index in [1.165, 1.54) is 0 Å². The zero-order chi connectivity index (χ0) is 14.0. The van der Waals surface area contributed by atoms with E-state index in [-0.39, 0.29) is 0 Å². The Morgan fingerprint density at radius 1 is 1.47 bits per heavy atom. The Morgan fingerprint density at radius 2 is 2.11 bits per heavy atom. The van der Waals surface area contributed by atoms with Gasteiger partial charge in [0, 0.05) is 7.11 Å². The summed E-state index contributed by atoms with van der Waals surface area (Å²) in [5.41, 5.74) is -0.108. The minimum absolute atomic E-state index is 0.496. The van der Waals surface area contributed by atoms with Crippen molar-refractivity contribution in [2.45, 2.75) is 45.3 Å². The van der Waals surface area contributed by atoms with Crippen molar-refractivity contribution in [2.75, 3.05) is 13.7 Å². The van der Waals surface area contributed by atoms with E-state index in [2.05, 4.69) is 18.9 Å². The third kappa shape index (κ3) is 3.12. The van der Waals surface area contributed by atoms with Gasteiger partial charge in [-0.25, -0.2) is 0 Å². The first-order valence-corrected chi connectivity index (χ1v) is 7.27. The Morgan fingerprint density at radius 3 is 2.68 bits per heavy atom. The van der Waals surface area contributed by atoms with Gasteiger partial charge < -0.3 is 9.84 Å². The van der Waals surface area contributed by atoms with Gasteiger partial charge in [0.1, 0.15) is 5.60 Å². The van der Waals surface area contributed by atoms with Crippen LogP contribution in [0.15, 0.2) is 6.20 Å². The Balaban J connectivity index is 2.30. The van der Waals surface area contributed by atoms with Crippen molar-refractivity contribution in [3.63, 3.8) is 0 Å². The smallest absolute Gasteiger partial charge is 0.108 e. The van der Waals surface area contributed by atoms with Gasteiger partial charge in [-0.2, -0.15) is 5.10 Å². The lowest BCUT2D eigenvalue weighted by Gasteiger charge is -2.39. The second kappa shape index (κ2) is 5.81. The van der Waals surface area contributed by atoms with Gasteiger partial charge in [-0.3, -0.25) is 4.68 Å². The molecule has 2 rings (SSSR count). The minimum atomic E-state index is -0.863. The fraction of sp³-hybridized carbons (Fsp3) is 0.786. The van der Waals surface area contributed by atoms with Gasteiger partial charge in [0.25, 0.3) is 0 Å². The molecule has 0 aromatic carbocycles. The van der Waals surface area contributed by atoms with Gasteiger partial charge in [-0.05, 0) is 31.1 Å². The molecular weight excluding hydrogens is 264 g/mol. The van der Waals surface area contributed by atoms with E-state index in [0.717, 1.165) is 25.0 Å².